The number of rotatable bonds is 6. The molecule has 0 radical (unpaired) electrons. The Morgan fingerprint density at radius 1 is 1.29 bits per heavy atom. The van der Waals surface area contributed by atoms with Gasteiger partial charge in [-0.05, 0) is 44.5 Å². The molecule has 1 fully saturated rings. The van der Waals surface area contributed by atoms with Gasteiger partial charge in [0.1, 0.15) is 5.75 Å². The normalized spacial score (nSPS) is 20.1. The molecule has 0 aromatic heterocycles. The Bertz CT molecular complexity index is 296. The van der Waals surface area contributed by atoms with E-state index in [0.717, 1.165) is 31.9 Å². The summed E-state index contributed by atoms with van der Waals surface area (Å²) >= 11 is 0. The fourth-order valence-corrected chi connectivity index (χ4v) is 2.11. The predicted octanol–water partition coefficient (Wildman–Crippen LogP) is 1.80. The third kappa shape index (κ3) is 4.75. The van der Waals surface area contributed by atoms with Crippen molar-refractivity contribution in [1.29, 1.82) is 0 Å². The van der Waals surface area contributed by atoms with Crippen LogP contribution in [-0.4, -0.2) is 32.3 Å². The molecular weight excluding hydrogens is 212 g/mol. The molecule has 94 valence electrons. The molecule has 2 rings (SSSR count). The summed E-state index contributed by atoms with van der Waals surface area (Å²) in [5, 5.41) is 6.97. The summed E-state index contributed by atoms with van der Waals surface area (Å²) in [4.78, 5) is 0. The summed E-state index contributed by atoms with van der Waals surface area (Å²) in [5.74, 6) is 0.965. The van der Waals surface area contributed by atoms with Crippen LogP contribution in [-0.2, 0) is 0 Å². The van der Waals surface area contributed by atoms with E-state index >= 15 is 0 Å². The molecular formula is C14H22N2O. The second-order valence-electron chi connectivity index (χ2n) is 4.51. The first-order valence-corrected chi connectivity index (χ1v) is 6.57. The first-order chi connectivity index (χ1) is 8.45. The van der Waals surface area contributed by atoms with E-state index in [9.17, 15) is 0 Å². The second-order valence-corrected chi connectivity index (χ2v) is 4.51. The van der Waals surface area contributed by atoms with Crippen molar-refractivity contribution in [3.05, 3.63) is 30.3 Å². The predicted molar refractivity (Wildman–Crippen MR) is 70.4 cm³/mol. The number of para-hydroxylation sites is 1. The van der Waals surface area contributed by atoms with Crippen molar-refractivity contribution in [3.8, 4) is 5.75 Å². The highest BCUT2D eigenvalue weighted by Crippen LogP contribution is 2.08. The van der Waals surface area contributed by atoms with Crippen molar-refractivity contribution in [3.63, 3.8) is 0 Å². The molecule has 1 aliphatic heterocycles. The number of nitrogens with one attached hydrogen (secondary N) is 2. The van der Waals surface area contributed by atoms with Crippen molar-refractivity contribution in [2.45, 2.75) is 25.3 Å². The van der Waals surface area contributed by atoms with Gasteiger partial charge in [0.05, 0.1) is 6.61 Å². The Kier molecular flexibility index (Phi) is 5.33. The van der Waals surface area contributed by atoms with Gasteiger partial charge in [-0.15, -0.1) is 0 Å². The SMILES string of the molecule is c1ccc(OCCCN[C@@H]2CCCNC2)cc1. The van der Waals surface area contributed by atoms with Crippen LogP contribution in [0.5, 0.6) is 5.75 Å². The summed E-state index contributed by atoms with van der Waals surface area (Å²) in [6, 6.07) is 10.7. The Hall–Kier alpha value is -1.06. The van der Waals surface area contributed by atoms with Crippen LogP contribution in [0.3, 0.4) is 0 Å². The molecule has 0 amide bonds. The van der Waals surface area contributed by atoms with Gasteiger partial charge in [0, 0.05) is 12.6 Å². The van der Waals surface area contributed by atoms with Crippen LogP contribution in [0.25, 0.3) is 0 Å². The van der Waals surface area contributed by atoms with E-state index in [0.29, 0.717) is 6.04 Å². The zero-order valence-electron chi connectivity index (χ0n) is 10.3. The highest BCUT2D eigenvalue weighted by atomic mass is 16.5. The molecule has 1 atom stereocenters. The van der Waals surface area contributed by atoms with E-state index < -0.39 is 0 Å². The third-order valence-corrected chi connectivity index (χ3v) is 3.06. The molecule has 0 aliphatic carbocycles. The summed E-state index contributed by atoms with van der Waals surface area (Å²) in [6.07, 6.45) is 3.65. The lowest BCUT2D eigenvalue weighted by Gasteiger charge is -2.23. The van der Waals surface area contributed by atoms with E-state index in [1.54, 1.807) is 0 Å². The minimum atomic E-state index is 0.653. The molecule has 0 bridgehead atoms. The maximum absolute atomic E-state index is 5.64. The molecule has 3 heteroatoms. The van der Waals surface area contributed by atoms with Gasteiger partial charge in [0.25, 0.3) is 0 Å². The maximum atomic E-state index is 5.64. The quantitative estimate of drug-likeness (QED) is 0.736. The molecule has 3 nitrogen and oxygen atoms in total. The lowest BCUT2D eigenvalue weighted by atomic mass is 10.1. The average molecular weight is 234 g/mol. The Balaban J connectivity index is 1.51. The minimum Gasteiger partial charge on any atom is -0.494 e. The van der Waals surface area contributed by atoms with E-state index in [4.69, 9.17) is 4.74 Å². The second kappa shape index (κ2) is 7.30. The van der Waals surface area contributed by atoms with Gasteiger partial charge < -0.3 is 15.4 Å². The van der Waals surface area contributed by atoms with Crippen molar-refractivity contribution in [2.24, 2.45) is 0 Å². The lowest BCUT2D eigenvalue weighted by molar-refractivity contribution is 0.299. The van der Waals surface area contributed by atoms with Gasteiger partial charge in [0.2, 0.25) is 0 Å². The number of hydrogen-bond donors (Lipinski definition) is 2. The molecule has 17 heavy (non-hydrogen) atoms. The Labute approximate surface area is 104 Å². The monoisotopic (exact) mass is 234 g/mol. The van der Waals surface area contributed by atoms with Gasteiger partial charge >= 0.3 is 0 Å². The molecule has 0 unspecified atom stereocenters. The lowest BCUT2D eigenvalue weighted by Crippen LogP contribution is -2.43. The van der Waals surface area contributed by atoms with Crippen molar-refractivity contribution >= 4 is 0 Å². The molecule has 0 saturated carbocycles. The van der Waals surface area contributed by atoms with Gasteiger partial charge in [-0.3, -0.25) is 0 Å². The van der Waals surface area contributed by atoms with Crippen LogP contribution < -0.4 is 15.4 Å². The Morgan fingerprint density at radius 3 is 2.94 bits per heavy atom. The van der Waals surface area contributed by atoms with Crippen LogP contribution in [0, 0.1) is 0 Å². The molecule has 1 saturated heterocycles. The fraction of sp³-hybridized carbons (Fsp3) is 0.571. The van der Waals surface area contributed by atoms with E-state index in [1.807, 2.05) is 30.3 Å². The van der Waals surface area contributed by atoms with Crippen LogP contribution in [0.2, 0.25) is 0 Å². The van der Waals surface area contributed by atoms with Crippen molar-refractivity contribution in [2.75, 3.05) is 26.2 Å². The van der Waals surface area contributed by atoms with Crippen LogP contribution in [0.4, 0.5) is 0 Å². The summed E-state index contributed by atoms with van der Waals surface area (Å²) in [5.41, 5.74) is 0. The third-order valence-electron chi connectivity index (χ3n) is 3.06. The smallest absolute Gasteiger partial charge is 0.119 e. The Morgan fingerprint density at radius 2 is 2.18 bits per heavy atom. The largest absolute Gasteiger partial charge is 0.494 e. The van der Waals surface area contributed by atoms with Gasteiger partial charge in [-0.25, -0.2) is 0 Å². The van der Waals surface area contributed by atoms with Crippen molar-refractivity contribution in [1.82, 2.24) is 10.6 Å². The average Bonchev–Trinajstić information content (AvgIpc) is 2.41. The highest BCUT2D eigenvalue weighted by Gasteiger charge is 2.10. The maximum Gasteiger partial charge on any atom is 0.119 e. The molecule has 1 aromatic carbocycles. The standard InChI is InChI=1S/C14H22N2O/c1-2-7-14(8-3-1)17-11-5-10-16-13-6-4-9-15-12-13/h1-3,7-8,13,15-16H,4-6,9-12H2/t13-/m1/s1. The zero-order valence-corrected chi connectivity index (χ0v) is 10.3. The first kappa shape index (κ1) is 12.4. The summed E-state index contributed by atoms with van der Waals surface area (Å²) < 4.78 is 5.64. The number of ether oxygens (including phenoxy) is 1. The molecule has 1 aromatic rings. The highest BCUT2D eigenvalue weighted by molar-refractivity contribution is 5.20. The van der Waals surface area contributed by atoms with Crippen LogP contribution in [0.15, 0.2) is 30.3 Å². The molecule has 2 N–H and O–H groups in total. The van der Waals surface area contributed by atoms with Gasteiger partial charge in [0.15, 0.2) is 0 Å². The van der Waals surface area contributed by atoms with E-state index in [2.05, 4.69) is 10.6 Å². The number of piperidine rings is 1. The topological polar surface area (TPSA) is 33.3 Å². The fourth-order valence-electron chi connectivity index (χ4n) is 2.11. The molecule has 0 spiro atoms. The molecule has 1 aliphatic rings. The zero-order chi connectivity index (χ0) is 11.8. The summed E-state index contributed by atoms with van der Waals surface area (Å²) in [7, 11) is 0. The van der Waals surface area contributed by atoms with Gasteiger partial charge in [-0.2, -0.15) is 0 Å². The first-order valence-electron chi connectivity index (χ1n) is 6.57. The van der Waals surface area contributed by atoms with E-state index in [1.165, 1.54) is 19.4 Å². The number of hydrogen-bond acceptors (Lipinski definition) is 3. The van der Waals surface area contributed by atoms with Gasteiger partial charge in [-0.1, -0.05) is 18.2 Å². The number of benzene rings is 1. The van der Waals surface area contributed by atoms with Crippen LogP contribution >= 0.6 is 0 Å². The molecule has 1 heterocycles. The van der Waals surface area contributed by atoms with Crippen molar-refractivity contribution < 1.29 is 4.74 Å². The summed E-state index contributed by atoms with van der Waals surface area (Å²) in [6.45, 7) is 4.12. The van der Waals surface area contributed by atoms with Crippen LogP contribution in [0.1, 0.15) is 19.3 Å². The van der Waals surface area contributed by atoms with E-state index in [-0.39, 0.29) is 0 Å². The minimum absolute atomic E-state index is 0.653.